The second kappa shape index (κ2) is 9.49. The summed E-state index contributed by atoms with van der Waals surface area (Å²) >= 11 is 1.03. The van der Waals surface area contributed by atoms with Crippen LogP contribution in [0.15, 0.2) is 27.1 Å². The highest BCUT2D eigenvalue weighted by atomic mass is 32.1. The molecule has 2 aromatic rings. The number of nitrogens with zero attached hydrogens (tertiary/aromatic N) is 4. The van der Waals surface area contributed by atoms with Crippen molar-refractivity contribution in [3.05, 3.63) is 39.4 Å². The van der Waals surface area contributed by atoms with Crippen LogP contribution in [0.2, 0.25) is 0 Å². The highest BCUT2D eigenvalue weighted by Gasteiger charge is 2.35. The molecule has 0 saturated carbocycles. The number of amides is 2. The van der Waals surface area contributed by atoms with Gasteiger partial charge in [0.2, 0.25) is 16.0 Å². The summed E-state index contributed by atoms with van der Waals surface area (Å²) in [6.07, 6.45) is 2.08. The quantitative estimate of drug-likeness (QED) is 0.571. The van der Waals surface area contributed by atoms with Crippen molar-refractivity contribution in [3.8, 4) is 5.75 Å². The number of nitrogens with one attached hydrogen (secondary N) is 2. The van der Waals surface area contributed by atoms with Gasteiger partial charge in [-0.1, -0.05) is 17.4 Å². The predicted octanol–water partition coefficient (Wildman–Crippen LogP) is 1.46. The largest absolute Gasteiger partial charge is 0.811 e. The molecule has 1 aliphatic heterocycles. The average Bonchev–Trinajstić information content (AvgIpc) is 3.33. The van der Waals surface area contributed by atoms with Gasteiger partial charge in [-0.25, -0.2) is 4.79 Å². The molecule has 0 unspecified atom stereocenters. The minimum atomic E-state index is -0.903. The van der Waals surface area contributed by atoms with E-state index in [-0.39, 0.29) is 28.2 Å². The molecule has 0 bridgehead atoms. The summed E-state index contributed by atoms with van der Waals surface area (Å²) in [4.78, 5) is 38.8. The molecule has 12 nitrogen and oxygen atoms in total. The zero-order valence-corrected chi connectivity index (χ0v) is 17.7. The number of anilines is 3. The SMILES string of the molecule is COc1c(N2CC[C@@H](OC)C2=O)cc(C(=O)Nc2nnc(N/C(C)=C\C=[N-])s2)oc1=O. The molecule has 2 aromatic heterocycles. The Kier molecular flexibility index (Phi) is 6.77. The van der Waals surface area contributed by atoms with Crippen molar-refractivity contribution >= 4 is 45.3 Å². The number of rotatable bonds is 8. The van der Waals surface area contributed by atoms with E-state index in [9.17, 15) is 14.4 Å². The van der Waals surface area contributed by atoms with Gasteiger partial charge in [0.25, 0.3) is 11.8 Å². The van der Waals surface area contributed by atoms with E-state index < -0.39 is 17.6 Å². The van der Waals surface area contributed by atoms with Crippen LogP contribution in [0.4, 0.5) is 16.0 Å². The van der Waals surface area contributed by atoms with Crippen molar-refractivity contribution < 1.29 is 23.5 Å². The molecular formula is C18H19N6O6S-. The summed E-state index contributed by atoms with van der Waals surface area (Å²) in [6, 6.07) is 1.26. The van der Waals surface area contributed by atoms with Gasteiger partial charge in [0.15, 0.2) is 5.76 Å². The van der Waals surface area contributed by atoms with E-state index in [1.807, 2.05) is 0 Å². The third-order valence-corrected chi connectivity index (χ3v) is 5.08. The van der Waals surface area contributed by atoms with Gasteiger partial charge in [-0.2, -0.15) is 6.21 Å². The maximum absolute atomic E-state index is 12.6. The Morgan fingerprint density at radius 2 is 2.03 bits per heavy atom. The van der Waals surface area contributed by atoms with Gasteiger partial charge in [0.1, 0.15) is 6.10 Å². The van der Waals surface area contributed by atoms with E-state index in [1.165, 1.54) is 31.3 Å². The summed E-state index contributed by atoms with van der Waals surface area (Å²) < 4.78 is 15.3. The Labute approximate surface area is 180 Å². The molecule has 0 aliphatic carbocycles. The number of carbonyl (C=O) groups is 2. The highest BCUT2D eigenvalue weighted by Crippen LogP contribution is 2.31. The van der Waals surface area contributed by atoms with E-state index in [0.29, 0.717) is 23.8 Å². The van der Waals surface area contributed by atoms with Crippen molar-refractivity contribution in [2.45, 2.75) is 19.4 Å². The lowest BCUT2D eigenvalue weighted by Gasteiger charge is -2.18. The molecule has 3 heterocycles. The minimum absolute atomic E-state index is 0.120. The first kappa shape index (κ1) is 22.1. The van der Waals surface area contributed by atoms with Crippen molar-refractivity contribution in [3.63, 3.8) is 0 Å². The number of aromatic nitrogens is 2. The predicted molar refractivity (Wildman–Crippen MR) is 114 cm³/mol. The van der Waals surface area contributed by atoms with Gasteiger partial charge in [-0.05, 0) is 6.92 Å². The molecule has 1 fully saturated rings. The molecule has 0 spiro atoms. The Morgan fingerprint density at radius 1 is 1.32 bits per heavy atom. The summed E-state index contributed by atoms with van der Waals surface area (Å²) in [6.45, 7) is 2.00. The van der Waals surface area contributed by atoms with Crippen LogP contribution in [0.3, 0.4) is 0 Å². The van der Waals surface area contributed by atoms with Gasteiger partial charge >= 0.3 is 5.63 Å². The maximum Gasteiger partial charge on any atom is 0.381 e. The number of ether oxygens (including phenoxy) is 2. The molecule has 2 amide bonds. The first-order valence-electron chi connectivity index (χ1n) is 9.00. The molecule has 2 N–H and O–H groups in total. The van der Waals surface area contributed by atoms with Crippen LogP contribution in [-0.4, -0.2) is 55.1 Å². The molecule has 0 radical (unpaired) electrons. The first-order chi connectivity index (χ1) is 14.9. The molecule has 1 saturated heterocycles. The van der Waals surface area contributed by atoms with Gasteiger partial charge in [0, 0.05) is 31.8 Å². The summed E-state index contributed by atoms with van der Waals surface area (Å²) in [5.74, 6) is -1.62. The van der Waals surface area contributed by atoms with Gasteiger partial charge in [-0.3, -0.25) is 14.9 Å². The number of hydrogen-bond donors (Lipinski definition) is 2. The highest BCUT2D eigenvalue weighted by molar-refractivity contribution is 7.19. The zero-order chi connectivity index (χ0) is 22.5. The number of carbonyl (C=O) groups excluding carboxylic acids is 2. The van der Waals surface area contributed by atoms with E-state index in [0.717, 1.165) is 17.6 Å². The topological polar surface area (TPSA) is 158 Å². The normalized spacial score (nSPS) is 16.4. The molecule has 31 heavy (non-hydrogen) atoms. The minimum Gasteiger partial charge on any atom is -0.811 e. The average molecular weight is 447 g/mol. The lowest BCUT2D eigenvalue weighted by molar-refractivity contribution is -0.125. The standard InChI is InChI=1S/C18H19N6O6S/c1-9(4-6-19)20-17-22-23-18(31-17)21-14(25)12-8-10(13(29-3)16(27)30-12)24-7-5-11(28-2)15(24)26/h4,6,8,11H,5,7H2,1-3H3,(H,20,22)(H,21,23,25)/q-1/b9-4-/t11-/m1/s1. The van der Waals surface area contributed by atoms with Gasteiger partial charge in [-0.15, -0.1) is 10.2 Å². The van der Waals surface area contributed by atoms with Crippen molar-refractivity contribution in [1.82, 2.24) is 10.2 Å². The number of methoxy groups -OCH3 is 2. The molecule has 164 valence electrons. The van der Waals surface area contributed by atoms with E-state index in [4.69, 9.17) is 19.3 Å². The second-order valence-corrected chi connectivity index (χ2v) is 7.29. The summed E-state index contributed by atoms with van der Waals surface area (Å²) in [5.41, 5.74) is -0.180. The maximum atomic E-state index is 12.6. The van der Waals surface area contributed by atoms with Crippen LogP contribution in [-0.2, 0) is 9.53 Å². The van der Waals surface area contributed by atoms with Crippen LogP contribution in [0, 0.1) is 0 Å². The van der Waals surface area contributed by atoms with Crippen LogP contribution < -0.4 is 25.9 Å². The third-order valence-electron chi connectivity index (χ3n) is 4.32. The monoisotopic (exact) mass is 447 g/mol. The molecule has 3 rings (SSSR count). The third kappa shape index (κ3) is 4.78. The Morgan fingerprint density at radius 3 is 2.65 bits per heavy atom. The molecule has 0 aromatic carbocycles. The second-order valence-electron chi connectivity index (χ2n) is 6.31. The fourth-order valence-corrected chi connectivity index (χ4v) is 3.59. The molecular weight excluding hydrogens is 428 g/mol. The van der Waals surface area contributed by atoms with E-state index in [2.05, 4.69) is 20.8 Å². The lowest BCUT2D eigenvalue weighted by atomic mass is 10.3. The molecule has 1 aliphatic rings. The summed E-state index contributed by atoms with van der Waals surface area (Å²) in [7, 11) is 2.69. The van der Waals surface area contributed by atoms with Crippen LogP contribution in [0.25, 0.3) is 5.41 Å². The summed E-state index contributed by atoms with van der Waals surface area (Å²) in [5, 5.41) is 22.3. The van der Waals surface area contributed by atoms with E-state index in [1.54, 1.807) is 6.92 Å². The van der Waals surface area contributed by atoms with Crippen molar-refractivity contribution in [2.75, 3.05) is 36.3 Å². The Bertz CT molecular complexity index is 1090. The molecule has 13 heteroatoms. The fraction of sp³-hybridized carbons (Fsp3) is 0.333. The fourth-order valence-electron chi connectivity index (χ4n) is 2.89. The first-order valence-corrected chi connectivity index (χ1v) is 9.82. The van der Waals surface area contributed by atoms with Crippen molar-refractivity contribution in [2.24, 2.45) is 0 Å². The smallest absolute Gasteiger partial charge is 0.381 e. The van der Waals surface area contributed by atoms with Crippen LogP contribution in [0.5, 0.6) is 5.75 Å². The Hall–Kier alpha value is -3.58. The van der Waals surface area contributed by atoms with Gasteiger partial charge < -0.3 is 29.5 Å². The Balaban J connectivity index is 1.84. The van der Waals surface area contributed by atoms with Gasteiger partial charge in [0.05, 0.1) is 12.8 Å². The van der Waals surface area contributed by atoms with Crippen LogP contribution in [0.1, 0.15) is 23.9 Å². The molecule has 1 atom stereocenters. The van der Waals surface area contributed by atoms with E-state index >= 15 is 0 Å². The number of hydrogen-bond acceptors (Lipinski definition) is 10. The van der Waals surface area contributed by atoms with Crippen LogP contribution >= 0.6 is 11.3 Å². The van der Waals surface area contributed by atoms with Crippen molar-refractivity contribution in [1.29, 1.82) is 0 Å². The zero-order valence-electron chi connectivity index (χ0n) is 16.9. The lowest BCUT2D eigenvalue weighted by Crippen LogP contribution is -2.31. The number of allylic oxidation sites excluding steroid dienone is 2.